The summed E-state index contributed by atoms with van der Waals surface area (Å²) in [5.74, 6) is -0.433. The van der Waals surface area contributed by atoms with Gasteiger partial charge in [0.1, 0.15) is 6.04 Å². The van der Waals surface area contributed by atoms with Crippen molar-refractivity contribution in [3.63, 3.8) is 0 Å². The SMILES string of the molecule is Cc1cccc(N(CCCC(=O)N(Cc2cccc(Br)c2)[C@@H](Cc2ccccc2)C(=O)NC(C)C)S(C)(=O)=O)c1. The van der Waals surface area contributed by atoms with Crippen LogP contribution >= 0.6 is 15.9 Å². The standard InChI is InChI=1S/C31H38BrN3O4S/c1-23(2)33-31(37)29(21-25-12-6-5-7-13-25)34(22-26-14-9-15-27(32)20-26)30(36)17-10-18-35(40(4,38)39)28-16-8-11-24(3)19-28/h5-9,11-16,19-20,23,29H,10,17-18,21-22H2,1-4H3,(H,33,37)/t29-/m0/s1. The third-order valence-electron chi connectivity index (χ3n) is 6.39. The van der Waals surface area contributed by atoms with Crippen molar-refractivity contribution in [3.05, 3.63) is 100 Å². The predicted molar refractivity (Wildman–Crippen MR) is 165 cm³/mol. The summed E-state index contributed by atoms with van der Waals surface area (Å²) in [6.07, 6.45) is 1.92. The van der Waals surface area contributed by atoms with Gasteiger partial charge in [-0.1, -0.05) is 70.5 Å². The Morgan fingerprint density at radius 1 is 0.925 bits per heavy atom. The third-order valence-corrected chi connectivity index (χ3v) is 8.07. The summed E-state index contributed by atoms with van der Waals surface area (Å²) in [6, 6.07) is 23.8. The van der Waals surface area contributed by atoms with Gasteiger partial charge < -0.3 is 10.2 Å². The smallest absolute Gasteiger partial charge is 0.243 e. The summed E-state index contributed by atoms with van der Waals surface area (Å²) >= 11 is 3.50. The number of hydrogen-bond acceptors (Lipinski definition) is 4. The van der Waals surface area contributed by atoms with Gasteiger partial charge in [-0.3, -0.25) is 13.9 Å². The molecule has 1 atom stereocenters. The molecule has 0 radical (unpaired) electrons. The quantitative estimate of drug-likeness (QED) is 0.272. The molecule has 3 rings (SSSR count). The maximum Gasteiger partial charge on any atom is 0.243 e. The molecule has 7 nitrogen and oxygen atoms in total. The Morgan fingerprint density at radius 2 is 1.60 bits per heavy atom. The lowest BCUT2D eigenvalue weighted by Crippen LogP contribution is -2.51. The van der Waals surface area contributed by atoms with E-state index in [1.807, 2.05) is 93.6 Å². The first-order chi connectivity index (χ1) is 18.9. The van der Waals surface area contributed by atoms with Crippen LogP contribution in [-0.2, 0) is 32.6 Å². The average molecular weight is 629 g/mol. The Bertz CT molecular complexity index is 1400. The summed E-state index contributed by atoms with van der Waals surface area (Å²) < 4.78 is 27.4. The van der Waals surface area contributed by atoms with E-state index in [-0.39, 0.29) is 37.4 Å². The van der Waals surface area contributed by atoms with E-state index in [0.717, 1.165) is 21.2 Å². The normalized spacial score (nSPS) is 12.2. The van der Waals surface area contributed by atoms with E-state index >= 15 is 0 Å². The third kappa shape index (κ3) is 9.48. The molecular formula is C31H38BrN3O4S. The topological polar surface area (TPSA) is 86.8 Å². The van der Waals surface area contributed by atoms with Crippen LogP contribution in [0.1, 0.15) is 43.4 Å². The van der Waals surface area contributed by atoms with Crippen molar-refractivity contribution < 1.29 is 18.0 Å². The van der Waals surface area contributed by atoms with Crippen molar-refractivity contribution in [2.24, 2.45) is 0 Å². The fourth-order valence-corrected chi connectivity index (χ4v) is 5.96. The fourth-order valence-electron chi connectivity index (χ4n) is 4.55. The largest absolute Gasteiger partial charge is 0.352 e. The monoisotopic (exact) mass is 627 g/mol. The molecule has 0 aliphatic rings. The number of amides is 2. The first-order valence-corrected chi connectivity index (χ1v) is 16.0. The number of nitrogens with zero attached hydrogens (tertiary/aromatic N) is 2. The molecule has 1 N–H and O–H groups in total. The molecule has 2 amide bonds. The van der Waals surface area contributed by atoms with E-state index in [0.29, 0.717) is 18.5 Å². The van der Waals surface area contributed by atoms with Crippen molar-refractivity contribution in [2.45, 2.75) is 58.7 Å². The van der Waals surface area contributed by atoms with Crippen molar-refractivity contribution in [3.8, 4) is 0 Å². The molecule has 0 saturated heterocycles. The molecule has 0 heterocycles. The van der Waals surface area contributed by atoms with E-state index in [1.54, 1.807) is 11.0 Å². The minimum absolute atomic E-state index is 0.0894. The number of sulfonamides is 1. The highest BCUT2D eigenvalue weighted by atomic mass is 79.9. The summed E-state index contributed by atoms with van der Waals surface area (Å²) in [5, 5.41) is 2.99. The Balaban J connectivity index is 1.88. The van der Waals surface area contributed by atoms with Crippen LogP contribution in [0.3, 0.4) is 0 Å². The number of aryl methyl sites for hydroxylation is 1. The van der Waals surface area contributed by atoms with Crippen molar-refractivity contribution in [2.75, 3.05) is 17.1 Å². The molecule has 0 aliphatic carbocycles. The highest BCUT2D eigenvalue weighted by Crippen LogP contribution is 2.22. The minimum Gasteiger partial charge on any atom is -0.352 e. The summed E-state index contributed by atoms with van der Waals surface area (Å²) in [4.78, 5) is 29.0. The van der Waals surface area contributed by atoms with Gasteiger partial charge in [0, 0.05) is 36.4 Å². The van der Waals surface area contributed by atoms with Crippen LogP contribution in [0.25, 0.3) is 0 Å². The second-order valence-corrected chi connectivity index (χ2v) is 13.1. The zero-order valence-corrected chi connectivity index (χ0v) is 25.9. The lowest BCUT2D eigenvalue weighted by molar-refractivity contribution is -0.141. The van der Waals surface area contributed by atoms with Gasteiger partial charge >= 0.3 is 0 Å². The number of carbonyl (C=O) groups is 2. The molecule has 3 aromatic rings. The lowest BCUT2D eigenvalue weighted by Gasteiger charge is -2.32. The second kappa shape index (κ2) is 14.5. The van der Waals surface area contributed by atoms with E-state index in [4.69, 9.17) is 0 Å². The number of halogens is 1. The summed E-state index contributed by atoms with van der Waals surface area (Å²) in [7, 11) is -3.55. The molecule has 9 heteroatoms. The number of benzene rings is 3. The molecule has 0 saturated carbocycles. The van der Waals surface area contributed by atoms with Crippen molar-refractivity contribution in [1.29, 1.82) is 0 Å². The number of anilines is 1. The Morgan fingerprint density at radius 3 is 2.23 bits per heavy atom. The second-order valence-electron chi connectivity index (χ2n) is 10.3. The number of nitrogens with one attached hydrogen (secondary N) is 1. The van der Waals surface area contributed by atoms with Crippen LogP contribution in [0.5, 0.6) is 0 Å². The van der Waals surface area contributed by atoms with E-state index in [2.05, 4.69) is 21.2 Å². The number of carbonyl (C=O) groups excluding carboxylic acids is 2. The fraction of sp³-hybridized carbons (Fsp3) is 0.355. The van der Waals surface area contributed by atoms with Crippen LogP contribution in [0.2, 0.25) is 0 Å². The Hall–Kier alpha value is -3.17. The molecule has 214 valence electrons. The summed E-state index contributed by atoms with van der Waals surface area (Å²) in [5.41, 5.74) is 3.35. The van der Waals surface area contributed by atoms with E-state index in [1.165, 1.54) is 10.6 Å². The molecule has 0 fully saturated rings. The van der Waals surface area contributed by atoms with Crippen LogP contribution in [-0.4, -0.2) is 50.0 Å². The highest BCUT2D eigenvalue weighted by molar-refractivity contribution is 9.10. The zero-order chi connectivity index (χ0) is 29.3. The molecule has 0 aromatic heterocycles. The zero-order valence-electron chi connectivity index (χ0n) is 23.5. The van der Waals surface area contributed by atoms with Gasteiger partial charge in [0.15, 0.2) is 0 Å². The van der Waals surface area contributed by atoms with E-state index < -0.39 is 16.1 Å². The Kier molecular flexibility index (Phi) is 11.3. The Labute approximate surface area is 246 Å². The molecule has 0 unspecified atom stereocenters. The molecule has 0 spiro atoms. The van der Waals surface area contributed by atoms with Gasteiger partial charge in [0.25, 0.3) is 0 Å². The van der Waals surface area contributed by atoms with Gasteiger partial charge in [-0.05, 0) is 68.1 Å². The predicted octanol–water partition coefficient (Wildman–Crippen LogP) is 5.47. The van der Waals surface area contributed by atoms with Gasteiger partial charge in [-0.15, -0.1) is 0 Å². The van der Waals surface area contributed by atoms with E-state index in [9.17, 15) is 18.0 Å². The van der Waals surface area contributed by atoms with Crippen molar-refractivity contribution >= 4 is 43.5 Å². The van der Waals surface area contributed by atoms with Gasteiger partial charge in [-0.2, -0.15) is 0 Å². The first-order valence-electron chi connectivity index (χ1n) is 13.4. The summed E-state index contributed by atoms with van der Waals surface area (Å²) in [6.45, 7) is 6.09. The maximum atomic E-state index is 13.8. The number of hydrogen-bond donors (Lipinski definition) is 1. The van der Waals surface area contributed by atoms with Gasteiger partial charge in [-0.25, -0.2) is 8.42 Å². The van der Waals surface area contributed by atoms with Crippen LogP contribution < -0.4 is 9.62 Å². The highest BCUT2D eigenvalue weighted by Gasteiger charge is 2.31. The van der Waals surface area contributed by atoms with Crippen LogP contribution in [0.4, 0.5) is 5.69 Å². The van der Waals surface area contributed by atoms with Crippen LogP contribution in [0.15, 0.2) is 83.3 Å². The van der Waals surface area contributed by atoms with Crippen LogP contribution in [0, 0.1) is 6.92 Å². The average Bonchev–Trinajstić information content (AvgIpc) is 2.88. The van der Waals surface area contributed by atoms with Gasteiger partial charge in [0.05, 0.1) is 11.9 Å². The number of rotatable bonds is 13. The molecular weight excluding hydrogens is 590 g/mol. The molecule has 0 aliphatic heterocycles. The molecule has 40 heavy (non-hydrogen) atoms. The van der Waals surface area contributed by atoms with Gasteiger partial charge in [0.2, 0.25) is 21.8 Å². The molecule has 0 bridgehead atoms. The maximum absolute atomic E-state index is 13.8. The van der Waals surface area contributed by atoms with Crippen molar-refractivity contribution in [1.82, 2.24) is 10.2 Å². The minimum atomic E-state index is -3.55. The molecule has 3 aromatic carbocycles. The lowest BCUT2D eigenvalue weighted by atomic mass is 10.0. The first kappa shape index (κ1) is 31.4.